The maximum atomic E-state index is 13.0. The monoisotopic (exact) mass is 412 g/mol. The molecule has 29 heavy (non-hydrogen) atoms. The minimum atomic E-state index is -0.373. The Morgan fingerprint density at radius 1 is 1.07 bits per heavy atom. The highest BCUT2D eigenvalue weighted by Crippen LogP contribution is 2.25. The molecule has 5 nitrogen and oxygen atoms in total. The summed E-state index contributed by atoms with van der Waals surface area (Å²) in [4.78, 5) is 25.8. The summed E-state index contributed by atoms with van der Waals surface area (Å²) in [6.45, 7) is 5.64. The molecule has 3 rings (SSSR count). The highest BCUT2D eigenvalue weighted by Gasteiger charge is 2.19. The molecule has 0 aliphatic carbocycles. The number of aliphatic hydroxyl groups is 1. The average Bonchev–Trinajstić information content (AvgIpc) is 2.70. The van der Waals surface area contributed by atoms with Crippen molar-refractivity contribution in [2.45, 2.75) is 32.7 Å². The van der Waals surface area contributed by atoms with Crippen LogP contribution in [0.5, 0.6) is 0 Å². The number of hydrogen-bond donors (Lipinski definition) is 2. The minimum absolute atomic E-state index is 0.110. The molecular formula is C23H25ClN2O3. The average molecular weight is 413 g/mol. The molecule has 2 atom stereocenters. The van der Waals surface area contributed by atoms with Crippen molar-refractivity contribution in [1.82, 2.24) is 4.57 Å². The Kier molecular flexibility index (Phi) is 6.40. The van der Waals surface area contributed by atoms with Crippen LogP contribution in [0.2, 0.25) is 5.02 Å². The van der Waals surface area contributed by atoms with Gasteiger partial charge in [-0.1, -0.05) is 43.6 Å². The van der Waals surface area contributed by atoms with Crippen molar-refractivity contribution in [2.75, 3.05) is 11.9 Å². The van der Waals surface area contributed by atoms with E-state index in [-0.39, 0.29) is 36.0 Å². The summed E-state index contributed by atoms with van der Waals surface area (Å²) in [6, 6.07) is 14.0. The molecule has 1 aromatic heterocycles. The first-order valence-electron chi connectivity index (χ1n) is 9.64. The number of nitrogens with one attached hydrogen (secondary N) is 1. The lowest BCUT2D eigenvalue weighted by molar-refractivity contribution is -0.117. The summed E-state index contributed by atoms with van der Waals surface area (Å²) >= 11 is 5.92. The van der Waals surface area contributed by atoms with Crippen LogP contribution in [0.3, 0.4) is 0 Å². The van der Waals surface area contributed by atoms with Crippen molar-refractivity contribution in [3.63, 3.8) is 0 Å². The molecule has 2 aromatic carbocycles. The summed E-state index contributed by atoms with van der Waals surface area (Å²) in [6.07, 6.45) is 1.68. The van der Waals surface area contributed by atoms with Gasteiger partial charge in [0.2, 0.25) is 5.91 Å². The zero-order valence-electron chi connectivity index (χ0n) is 16.7. The second-order valence-corrected chi connectivity index (χ2v) is 7.99. The summed E-state index contributed by atoms with van der Waals surface area (Å²) in [5.74, 6) is -0.430. The van der Waals surface area contributed by atoms with Crippen LogP contribution in [0.25, 0.3) is 10.8 Å². The number of halogens is 1. The molecule has 0 saturated heterocycles. The third kappa shape index (κ3) is 4.36. The van der Waals surface area contributed by atoms with E-state index in [1.54, 1.807) is 41.1 Å². The van der Waals surface area contributed by atoms with E-state index in [1.165, 1.54) is 0 Å². The number of fused-ring (bicyclic) bond motifs is 1. The number of amides is 1. The van der Waals surface area contributed by atoms with Crippen LogP contribution in [-0.2, 0) is 4.79 Å². The number of benzene rings is 2. The molecule has 1 amide bonds. The Morgan fingerprint density at radius 3 is 2.38 bits per heavy atom. The Balaban J connectivity index is 1.94. The highest BCUT2D eigenvalue weighted by molar-refractivity contribution is 6.30. The normalized spacial score (nSPS) is 13.4. The van der Waals surface area contributed by atoms with Crippen LogP contribution in [0.4, 0.5) is 5.69 Å². The van der Waals surface area contributed by atoms with Gasteiger partial charge in [0.1, 0.15) is 0 Å². The first kappa shape index (κ1) is 21.1. The van der Waals surface area contributed by atoms with E-state index in [4.69, 9.17) is 11.6 Å². The molecule has 0 bridgehead atoms. The van der Waals surface area contributed by atoms with E-state index in [2.05, 4.69) is 5.32 Å². The molecule has 0 spiro atoms. The standard InChI is InChI=1S/C23H25ClN2O3/c1-14(2)21(13-27)26-12-11-18-19(23(26)29)5-4-6-20(18)25-22(28)15(3)16-7-9-17(24)10-8-16/h4-12,14-15,21,27H,13H2,1-3H3,(H,25,28)/t15-,21?/m1/s1. The van der Waals surface area contributed by atoms with Gasteiger partial charge in [-0.25, -0.2) is 0 Å². The van der Waals surface area contributed by atoms with E-state index in [0.717, 1.165) is 5.56 Å². The molecule has 0 radical (unpaired) electrons. The third-order valence-electron chi connectivity index (χ3n) is 5.31. The Morgan fingerprint density at radius 2 is 1.76 bits per heavy atom. The molecule has 0 fully saturated rings. The number of carbonyl (C=O) groups excluding carboxylic acids is 1. The van der Waals surface area contributed by atoms with Gasteiger partial charge in [-0.15, -0.1) is 0 Å². The van der Waals surface area contributed by atoms with Gasteiger partial charge in [-0.3, -0.25) is 9.59 Å². The van der Waals surface area contributed by atoms with E-state index >= 15 is 0 Å². The molecule has 1 heterocycles. The zero-order valence-corrected chi connectivity index (χ0v) is 17.5. The van der Waals surface area contributed by atoms with Crippen molar-refractivity contribution in [3.8, 4) is 0 Å². The van der Waals surface area contributed by atoms with Gasteiger partial charge < -0.3 is 15.0 Å². The molecule has 2 N–H and O–H groups in total. The number of rotatable bonds is 6. The lowest BCUT2D eigenvalue weighted by Gasteiger charge is -2.22. The second-order valence-electron chi connectivity index (χ2n) is 7.55. The molecular weight excluding hydrogens is 388 g/mol. The van der Waals surface area contributed by atoms with Crippen LogP contribution in [0.1, 0.15) is 38.3 Å². The quantitative estimate of drug-likeness (QED) is 0.622. The number of hydrogen-bond acceptors (Lipinski definition) is 3. The molecule has 3 aromatic rings. The van der Waals surface area contributed by atoms with Crippen molar-refractivity contribution in [3.05, 3.63) is 75.7 Å². The van der Waals surface area contributed by atoms with Gasteiger partial charge >= 0.3 is 0 Å². The summed E-state index contributed by atoms with van der Waals surface area (Å²) in [5, 5.41) is 14.4. The number of aromatic nitrogens is 1. The molecule has 1 unspecified atom stereocenters. The van der Waals surface area contributed by atoms with Crippen LogP contribution < -0.4 is 10.9 Å². The first-order valence-corrected chi connectivity index (χ1v) is 10.0. The van der Waals surface area contributed by atoms with Gasteiger partial charge in [0.25, 0.3) is 5.56 Å². The maximum absolute atomic E-state index is 13.0. The van der Waals surface area contributed by atoms with Gasteiger partial charge in [0.15, 0.2) is 0 Å². The van der Waals surface area contributed by atoms with Crippen LogP contribution in [0, 0.1) is 5.92 Å². The fourth-order valence-corrected chi connectivity index (χ4v) is 3.55. The topological polar surface area (TPSA) is 71.3 Å². The van der Waals surface area contributed by atoms with Gasteiger partial charge in [0, 0.05) is 27.7 Å². The predicted octanol–water partition coefficient (Wildman–Crippen LogP) is 4.59. The Hall–Kier alpha value is -2.63. The number of aliphatic hydroxyl groups excluding tert-OH is 1. The van der Waals surface area contributed by atoms with Gasteiger partial charge in [0.05, 0.1) is 18.6 Å². The smallest absolute Gasteiger partial charge is 0.258 e. The maximum Gasteiger partial charge on any atom is 0.258 e. The van der Waals surface area contributed by atoms with Crippen molar-refractivity contribution in [1.29, 1.82) is 0 Å². The second kappa shape index (κ2) is 8.80. The number of pyridine rings is 1. The number of nitrogens with zero attached hydrogens (tertiary/aromatic N) is 1. The molecule has 6 heteroatoms. The lowest BCUT2D eigenvalue weighted by Crippen LogP contribution is -2.30. The zero-order chi connectivity index (χ0) is 21.1. The van der Waals surface area contributed by atoms with E-state index < -0.39 is 0 Å². The largest absolute Gasteiger partial charge is 0.394 e. The third-order valence-corrected chi connectivity index (χ3v) is 5.56. The fourth-order valence-electron chi connectivity index (χ4n) is 3.43. The Labute approximate surface area is 174 Å². The van der Waals surface area contributed by atoms with Crippen LogP contribution in [0.15, 0.2) is 59.5 Å². The van der Waals surface area contributed by atoms with Crippen molar-refractivity contribution >= 4 is 34.0 Å². The first-order chi connectivity index (χ1) is 13.8. The molecule has 152 valence electrons. The lowest BCUT2D eigenvalue weighted by atomic mass is 10.00. The number of anilines is 1. The molecule has 0 aliphatic heterocycles. The molecule has 0 aliphatic rings. The summed E-state index contributed by atoms with van der Waals surface area (Å²) in [5.41, 5.74) is 1.26. The fraction of sp³-hybridized carbons (Fsp3) is 0.304. The molecule has 0 saturated carbocycles. The van der Waals surface area contributed by atoms with Crippen molar-refractivity contribution in [2.24, 2.45) is 5.92 Å². The number of carbonyl (C=O) groups is 1. The predicted molar refractivity (Wildman–Crippen MR) is 118 cm³/mol. The summed E-state index contributed by atoms with van der Waals surface area (Å²) < 4.78 is 1.56. The van der Waals surface area contributed by atoms with Crippen LogP contribution >= 0.6 is 11.6 Å². The van der Waals surface area contributed by atoms with E-state index in [1.807, 2.05) is 39.0 Å². The van der Waals surface area contributed by atoms with Crippen molar-refractivity contribution < 1.29 is 9.90 Å². The Bertz CT molecular complexity index is 1070. The van der Waals surface area contributed by atoms with Gasteiger partial charge in [-0.2, -0.15) is 0 Å². The van der Waals surface area contributed by atoms with E-state index in [9.17, 15) is 14.7 Å². The van der Waals surface area contributed by atoms with Crippen LogP contribution in [-0.4, -0.2) is 22.2 Å². The van der Waals surface area contributed by atoms with Gasteiger partial charge in [-0.05, 0) is 48.7 Å². The summed E-state index contributed by atoms with van der Waals surface area (Å²) in [7, 11) is 0. The minimum Gasteiger partial charge on any atom is -0.394 e. The highest BCUT2D eigenvalue weighted by atomic mass is 35.5. The van der Waals surface area contributed by atoms with E-state index in [0.29, 0.717) is 21.5 Å². The SMILES string of the molecule is CC(C)C(CO)n1ccc2c(NC(=O)[C@H](C)c3ccc(Cl)cc3)cccc2c1=O.